The number of hydrogen-bond acceptors (Lipinski definition) is 4. The van der Waals surface area contributed by atoms with Crippen molar-refractivity contribution in [1.82, 2.24) is 0 Å². The topological polar surface area (TPSA) is 136 Å². The molecule has 10 N–H and O–H groups in total. The number of nitrogen functional groups attached to an aromatic ring is 4. The van der Waals surface area contributed by atoms with Crippen molar-refractivity contribution >= 4 is 47.6 Å². The van der Waals surface area contributed by atoms with E-state index in [1.165, 1.54) is 0 Å². The van der Waals surface area contributed by atoms with Crippen LogP contribution >= 0.6 is 24.8 Å². The molecule has 19 heavy (non-hydrogen) atoms. The molecular weight excluding hydrogens is 287 g/mol. The fourth-order valence-corrected chi connectivity index (χ4v) is 1.02. The van der Waals surface area contributed by atoms with E-state index >= 15 is 0 Å². The molecule has 0 saturated carbocycles. The average molecular weight is 307 g/mol. The first-order valence-corrected chi connectivity index (χ1v) is 4.81. The van der Waals surface area contributed by atoms with Gasteiger partial charge in [-0.1, -0.05) is 24.3 Å². The summed E-state index contributed by atoms with van der Waals surface area (Å²) in [5.74, 6) is 0. The summed E-state index contributed by atoms with van der Waals surface area (Å²) in [6.07, 6.45) is 0. The van der Waals surface area contributed by atoms with Crippen molar-refractivity contribution in [2.45, 2.75) is 0 Å². The Morgan fingerprint density at radius 1 is 0.474 bits per heavy atom. The van der Waals surface area contributed by atoms with Gasteiger partial charge in [0.15, 0.2) is 0 Å². The smallest absolute Gasteiger partial charge is 0.0547 e. The molecule has 0 aliphatic carbocycles. The number of para-hydroxylation sites is 4. The molecule has 0 aliphatic heterocycles. The first-order valence-electron chi connectivity index (χ1n) is 4.81. The zero-order valence-electron chi connectivity index (χ0n) is 10.2. The van der Waals surface area contributed by atoms with Crippen LogP contribution in [0.1, 0.15) is 0 Å². The van der Waals surface area contributed by atoms with Crippen molar-refractivity contribution in [1.29, 1.82) is 0 Å². The van der Waals surface area contributed by atoms with Gasteiger partial charge < -0.3 is 28.4 Å². The molecule has 0 fully saturated rings. The molecule has 0 spiro atoms. The van der Waals surface area contributed by atoms with E-state index in [4.69, 9.17) is 22.9 Å². The van der Waals surface area contributed by atoms with Gasteiger partial charge in [0.05, 0.1) is 22.7 Å². The third-order valence-corrected chi connectivity index (χ3v) is 1.99. The molecule has 0 aromatic heterocycles. The van der Waals surface area contributed by atoms with Gasteiger partial charge in [-0.25, -0.2) is 0 Å². The summed E-state index contributed by atoms with van der Waals surface area (Å²) >= 11 is 0. The molecule has 0 unspecified atom stereocenters. The molecule has 108 valence electrons. The Hall–Kier alpha value is -1.82. The van der Waals surface area contributed by atoms with Gasteiger partial charge >= 0.3 is 0 Å². The van der Waals surface area contributed by atoms with Crippen LogP contribution in [0.3, 0.4) is 0 Å². The van der Waals surface area contributed by atoms with Gasteiger partial charge in [0.25, 0.3) is 0 Å². The standard InChI is InChI=1S/2C6H8N2.2ClH.H2O/c2*7-5-3-1-2-4-6(5)8;;;/h2*1-4H,7-8H2;2*1H;1H2. The van der Waals surface area contributed by atoms with E-state index in [9.17, 15) is 0 Å². The molecule has 0 bridgehead atoms. The maximum atomic E-state index is 5.39. The third-order valence-electron chi connectivity index (χ3n) is 1.99. The van der Waals surface area contributed by atoms with Crippen molar-refractivity contribution in [3.8, 4) is 0 Å². The minimum Gasteiger partial charge on any atom is -0.412 e. The SMILES string of the molecule is Cl.Cl.Nc1ccccc1N.Nc1ccccc1N.O. The van der Waals surface area contributed by atoms with Gasteiger partial charge in [0, 0.05) is 0 Å². The van der Waals surface area contributed by atoms with Gasteiger partial charge in [0.1, 0.15) is 0 Å². The van der Waals surface area contributed by atoms with E-state index in [0.717, 1.165) is 0 Å². The minimum atomic E-state index is 0. The summed E-state index contributed by atoms with van der Waals surface area (Å²) in [5, 5.41) is 0. The molecule has 0 aliphatic rings. The van der Waals surface area contributed by atoms with Crippen LogP contribution in [0.2, 0.25) is 0 Å². The lowest BCUT2D eigenvalue weighted by Crippen LogP contribution is -1.91. The molecule has 5 nitrogen and oxygen atoms in total. The number of halogens is 2. The van der Waals surface area contributed by atoms with Gasteiger partial charge in [-0.05, 0) is 24.3 Å². The van der Waals surface area contributed by atoms with E-state index in [-0.39, 0.29) is 30.3 Å². The van der Waals surface area contributed by atoms with Crippen LogP contribution in [0.15, 0.2) is 48.5 Å². The summed E-state index contributed by atoms with van der Waals surface area (Å²) < 4.78 is 0. The Labute approximate surface area is 125 Å². The molecule has 0 heterocycles. The summed E-state index contributed by atoms with van der Waals surface area (Å²) in [6, 6.07) is 14.5. The Bertz CT molecular complexity index is 383. The van der Waals surface area contributed by atoms with E-state index in [1.54, 1.807) is 24.3 Å². The van der Waals surface area contributed by atoms with Crippen molar-refractivity contribution in [2.75, 3.05) is 22.9 Å². The highest BCUT2D eigenvalue weighted by Crippen LogP contribution is 2.11. The molecule has 2 aromatic rings. The largest absolute Gasteiger partial charge is 0.412 e. The second kappa shape index (κ2) is 11.3. The highest BCUT2D eigenvalue weighted by molar-refractivity contribution is 5.85. The molecule has 0 radical (unpaired) electrons. The molecule has 7 heteroatoms. The molecule has 0 amide bonds. The minimum absolute atomic E-state index is 0. The maximum absolute atomic E-state index is 5.39. The zero-order chi connectivity index (χ0) is 12.0. The first-order chi connectivity index (χ1) is 7.61. The van der Waals surface area contributed by atoms with Gasteiger partial charge in [-0.15, -0.1) is 24.8 Å². The van der Waals surface area contributed by atoms with Crippen molar-refractivity contribution in [3.05, 3.63) is 48.5 Å². The van der Waals surface area contributed by atoms with Crippen molar-refractivity contribution in [2.24, 2.45) is 0 Å². The van der Waals surface area contributed by atoms with E-state index < -0.39 is 0 Å². The number of hydrogen-bond donors (Lipinski definition) is 4. The summed E-state index contributed by atoms with van der Waals surface area (Å²) in [4.78, 5) is 0. The molecule has 0 atom stereocenters. The lowest BCUT2D eigenvalue weighted by molar-refractivity contribution is 0.824. The van der Waals surface area contributed by atoms with E-state index in [2.05, 4.69) is 0 Å². The Balaban J connectivity index is -0.000000233. The third kappa shape index (κ3) is 7.99. The van der Waals surface area contributed by atoms with E-state index in [1.807, 2.05) is 24.3 Å². The highest BCUT2D eigenvalue weighted by Gasteiger charge is 1.85. The second-order valence-corrected chi connectivity index (χ2v) is 3.26. The maximum Gasteiger partial charge on any atom is 0.0547 e. The molecule has 0 saturated heterocycles. The Kier molecular flexibility index (Phi) is 13.3. The van der Waals surface area contributed by atoms with Crippen LogP contribution in [-0.4, -0.2) is 5.48 Å². The summed E-state index contributed by atoms with van der Waals surface area (Å²) in [7, 11) is 0. The quantitative estimate of drug-likeness (QED) is 0.551. The van der Waals surface area contributed by atoms with Gasteiger partial charge in [-0.3, -0.25) is 0 Å². The monoisotopic (exact) mass is 306 g/mol. The highest BCUT2D eigenvalue weighted by atomic mass is 35.5. The predicted octanol–water partition coefficient (Wildman–Crippen LogP) is 1.72. The van der Waals surface area contributed by atoms with Crippen LogP contribution in [0.25, 0.3) is 0 Å². The molecule has 2 aromatic carbocycles. The van der Waals surface area contributed by atoms with Gasteiger partial charge in [0.2, 0.25) is 0 Å². The lowest BCUT2D eigenvalue weighted by Gasteiger charge is -1.94. The van der Waals surface area contributed by atoms with Crippen LogP contribution in [0.5, 0.6) is 0 Å². The normalized spacial score (nSPS) is 7.58. The predicted molar refractivity (Wildman–Crippen MR) is 88.6 cm³/mol. The number of benzene rings is 2. The summed E-state index contributed by atoms with van der Waals surface area (Å²) in [5.41, 5.74) is 24.2. The number of rotatable bonds is 0. The van der Waals surface area contributed by atoms with Crippen LogP contribution < -0.4 is 22.9 Å². The number of nitrogens with two attached hydrogens (primary N) is 4. The van der Waals surface area contributed by atoms with E-state index in [0.29, 0.717) is 22.7 Å². The lowest BCUT2D eigenvalue weighted by atomic mass is 10.3. The van der Waals surface area contributed by atoms with Crippen LogP contribution in [0.4, 0.5) is 22.7 Å². The Morgan fingerprint density at radius 2 is 0.632 bits per heavy atom. The van der Waals surface area contributed by atoms with Crippen LogP contribution in [-0.2, 0) is 0 Å². The fraction of sp³-hybridized carbons (Fsp3) is 0. The molecular formula is C12H20Cl2N4O. The van der Waals surface area contributed by atoms with Crippen molar-refractivity contribution < 1.29 is 5.48 Å². The first kappa shape index (κ1) is 22.4. The van der Waals surface area contributed by atoms with Gasteiger partial charge in [-0.2, -0.15) is 0 Å². The van der Waals surface area contributed by atoms with Crippen molar-refractivity contribution in [3.63, 3.8) is 0 Å². The summed E-state index contributed by atoms with van der Waals surface area (Å²) in [6.45, 7) is 0. The zero-order valence-corrected chi connectivity index (χ0v) is 11.9. The Morgan fingerprint density at radius 3 is 0.737 bits per heavy atom. The fourth-order valence-electron chi connectivity index (χ4n) is 1.02. The average Bonchev–Trinajstić information content (AvgIpc) is 2.28. The molecule has 2 rings (SSSR count). The number of anilines is 4. The second-order valence-electron chi connectivity index (χ2n) is 3.26. The van der Waals surface area contributed by atoms with Crippen LogP contribution in [0, 0.1) is 0 Å².